The van der Waals surface area contributed by atoms with E-state index in [0.29, 0.717) is 17.5 Å². The van der Waals surface area contributed by atoms with Gasteiger partial charge in [0, 0.05) is 6.42 Å². The molecule has 132 valence electrons. The van der Waals surface area contributed by atoms with Crippen LogP contribution < -0.4 is 0 Å². The number of benzene rings is 2. The van der Waals surface area contributed by atoms with Crippen molar-refractivity contribution >= 4 is 17.8 Å². The summed E-state index contributed by atoms with van der Waals surface area (Å²) in [7, 11) is 0. The normalized spacial score (nSPS) is 21.1. The first-order valence-electron chi connectivity index (χ1n) is 8.74. The molecule has 0 fully saturated rings. The van der Waals surface area contributed by atoms with Crippen molar-refractivity contribution in [3.8, 4) is 0 Å². The van der Waals surface area contributed by atoms with E-state index in [4.69, 9.17) is 4.74 Å². The molecular weight excluding hydrogens is 330 g/mol. The van der Waals surface area contributed by atoms with Crippen molar-refractivity contribution in [2.75, 3.05) is 0 Å². The van der Waals surface area contributed by atoms with Gasteiger partial charge in [-0.05, 0) is 23.3 Å². The lowest BCUT2D eigenvalue weighted by atomic mass is 10.1. The zero-order valence-corrected chi connectivity index (χ0v) is 14.6. The highest BCUT2D eigenvalue weighted by atomic mass is 16.5. The molecule has 1 aliphatic heterocycles. The molecule has 4 rings (SSSR count). The van der Waals surface area contributed by atoms with Gasteiger partial charge in [0.2, 0.25) is 0 Å². The Hall–Kier alpha value is -2.95. The van der Waals surface area contributed by atoms with Gasteiger partial charge in [0.05, 0.1) is 17.0 Å². The number of ether oxygens (including phenoxy) is 1. The first kappa shape index (κ1) is 16.5. The first-order valence-corrected chi connectivity index (χ1v) is 8.74. The minimum absolute atomic E-state index is 0.276. The Morgan fingerprint density at radius 3 is 2.19 bits per heavy atom. The molecule has 0 unspecified atom stereocenters. The van der Waals surface area contributed by atoms with E-state index < -0.39 is 12.1 Å². The van der Waals surface area contributed by atoms with Crippen LogP contribution in [0.15, 0.2) is 48.5 Å². The summed E-state index contributed by atoms with van der Waals surface area (Å²) in [6.45, 7) is 3.53. The van der Waals surface area contributed by atoms with Gasteiger partial charge in [0.15, 0.2) is 0 Å². The quantitative estimate of drug-likeness (QED) is 0.631. The van der Waals surface area contributed by atoms with Crippen LogP contribution in [0.2, 0.25) is 0 Å². The fourth-order valence-corrected chi connectivity index (χ4v) is 3.69. The lowest BCUT2D eigenvalue weighted by Crippen LogP contribution is -2.40. The average Bonchev–Trinajstić information content (AvgIpc) is 3.10. The molecule has 0 spiro atoms. The highest BCUT2D eigenvalue weighted by molar-refractivity contribution is 6.21. The van der Waals surface area contributed by atoms with Crippen molar-refractivity contribution in [1.29, 1.82) is 0 Å². The zero-order valence-electron chi connectivity index (χ0n) is 14.6. The first-order chi connectivity index (χ1) is 12.5. The van der Waals surface area contributed by atoms with Gasteiger partial charge >= 0.3 is 5.97 Å². The molecule has 0 N–H and O–H groups in total. The van der Waals surface area contributed by atoms with E-state index in [1.54, 1.807) is 38.1 Å². The maximum Gasteiger partial charge on any atom is 0.308 e. The van der Waals surface area contributed by atoms with E-state index in [1.165, 1.54) is 4.90 Å². The molecule has 1 heterocycles. The third-order valence-corrected chi connectivity index (χ3v) is 4.99. The molecule has 0 saturated heterocycles. The standard InChI is InChI=1S/C21H19NO4/c1-12(2)21(25)26-17-11-13-7-3-4-8-14(13)18(17)22-19(23)15-9-5-6-10-16(15)20(22)24/h3-10,12,17-18H,11H2,1-2H3/t17-,18+/m0/s1. The fraction of sp³-hybridized carbons (Fsp3) is 0.286. The van der Waals surface area contributed by atoms with E-state index in [9.17, 15) is 14.4 Å². The van der Waals surface area contributed by atoms with Gasteiger partial charge in [-0.25, -0.2) is 0 Å². The summed E-state index contributed by atoms with van der Waals surface area (Å²) in [5.41, 5.74) is 2.66. The van der Waals surface area contributed by atoms with Crippen LogP contribution in [0, 0.1) is 5.92 Å². The van der Waals surface area contributed by atoms with Crippen LogP contribution in [-0.4, -0.2) is 28.8 Å². The number of amides is 2. The number of carbonyl (C=O) groups excluding carboxylic acids is 3. The molecule has 0 aromatic heterocycles. The average molecular weight is 349 g/mol. The molecule has 26 heavy (non-hydrogen) atoms. The van der Waals surface area contributed by atoms with Gasteiger partial charge < -0.3 is 4.74 Å². The van der Waals surface area contributed by atoms with Gasteiger partial charge in [0.1, 0.15) is 12.1 Å². The van der Waals surface area contributed by atoms with Gasteiger partial charge in [-0.15, -0.1) is 0 Å². The Balaban J connectivity index is 1.76. The fourth-order valence-electron chi connectivity index (χ4n) is 3.69. The molecule has 0 saturated carbocycles. The van der Waals surface area contributed by atoms with E-state index in [1.807, 2.05) is 24.3 Å². The smallest absolute Gasteiger partial charge is 0.308 e. The third-order valence-electron chi connectivity index (χ3n) is 4.99. The third kappa shape index (κ3) is 2.43. The summed E-state index contributed by atoms with van der Waals surface area (Å²) in [5.74, 6) is -1.28. The molecule has 5 nitrogen and oxygen atoms in total. The van der Waals surface area contributed by atoms with Crippen LogP contribution in [0.4, 0.5) is 0 Å². The molecule has 2 aliphatic rings. The SMILES string of the molecule is CC(C)C(=O)O[C@H]1Cc2ccccc2[C@H]1N1C(=O)c2ccccc2C1=O. The number of rotatable bonds is 3. The highest BCUT2D eigenvalue weighted by Gasteiger charge is 2.48. The maximum atomic E-state index is 12.9. The Morgan fingerprint density at radius 1 is 1.00 bits per heavy atom. The van der Waals surface area contributed by atoms with E-state index in [-0.39, 0.29) is 23.7 Å². The van der Waals surface area contributed by atoms with Crippen molar-refractivity contribution in [3.05, 3.63) is 70.8 Å². The molecule has 2 aromatic carbocycles. The predicted molar refractivity (Wildman–Crippen MR) is 94.5 cm³/mol. The van der Waals surface area contributed by atoms with Crippen LogP contribution >= 0.6 is 0 Å². The summed E-state index contributed by atoms with van der Waals surface area (Å²) in [6.07, 6.45) is -0.0725. The number of carbonyl (C=O) groups is 3. The van der Waals surface area contributed by atoms with Crippen LogP contribution in [0.25, 0.3) is 0 Å². The predicted octanol–water partition coefficient (Wildman–Crippen LogP) is 3.15. The van der Waals surface area contributed by atoms with E-state index >= 15 is 0 Å². The lowest BCUT2D eigenvalue weighted by Gasteiger charge is -2.29. The summed E-state index contributed by atoms with van der Waals surface area (Å²) >= 11 is 0. The molecule has 0 bridgehead atoms. The molecule has 2 aromatic rings. The Morgan fingerprint density at radius 2 is 1.58 bits per heavy atom. The minimum atomic E-state index is -0.596. The van der Waals surface area contributed by atoms with Crippen LogP contribution in [0.5, 0.6) is 0 Å². The summed E-state index contributed by atoms with van der Waals surface area (Å²) < 4.78 is 5.69. The van der Waals surface area contributed by atoms with Gasteiger partial charge in [-0.3, -0.25) is 19.3 Å². The Labute approximate surface area is 151 Å². The number of esters is 1. The van der Waals surface area contributed by atoms with Crippen molar-refractivity contribution in [1.82, 2.24) is 4.90 Å². The molecule has 2 atom stereocenters. The number of hydrogen-bond acceptors (Lipinski definition) is 4. The van der Waals surface area contributed by atoms with Gasteiger partial charge in [-0.2, -0.15) is 0 Å². The van der Waals surface area contributed by atoms with Gasteiger partial charge in [0.25, 0.3) is 11.8 Å². The second kappa shape index (κ2) is 6.09. The minimum Gasteiger partial charge on any atom is -0.459 e. The van der Waals surface area contributed by atoms with Crippen molar-refractivity contribution < 1.29 is 19.1 Å². The summed E-state index contributed by atoms with van der Waals surface area (Å²) in [4.78, 5) is 39.3. The van der Waals surface area contributed by atoms with Crippen molar-refractivity contribution in [2.45, 2.75) is 32.4 Å². The van der Waals surface area contributed by atoms with Gasteiger partial charge in [-0.1, -0.05) is 50.2 Å². The second-order valence-corrected chi connectivity index (χ2v) is 7.00. The second-order valence-electron chi connectivity index (χ2n) is 7.00. The highest BCUT2D eigenvalue weighted by Crippen LogP contribution is 2.41. The van der Waals surface area contributed by atoms with Crippen LogP contribution in [0.3, 0.4) is 0 Å². The molecule has 2 amide bonds. The molecule has 0 radical (unpaired) electrons. The number of nitrogens with zero attached hydrogens (tertiary/aromatic N) is 1. The number of fused-ring (bicyclic) bond motifs is 2. The zero-order chi connectivity index (χ0) is 18.4. The van der Waals surface area contributed by atoms with E-state index in [0.717, 1.165) is 11.1 Å². The monoisotopic (exact) mass is 349 g/mol. The van der Waals surface area contributed by atoms with Crippen molar-refractivity contribution in [2.24, 2.45) is 5.92 Å². The van der Waals surface area contributed by atoms with Crippen molar-refractivity contribution in [3.63, 3.8) is 0 Å². The van der Waals surface area contributed by atoms with Crippen LogP contribution in [0.1, 0.15) is 51.7 Å². The maximum absolute atomic E-state index is 12.9. The van der Waals surface area contributed by atoms with Crippen LogP contribution in [-0.2, 0) is 16.0 Å². The summed E-state index contributed by atoms with van der Waals surface area (Å²) in [5, 5.41) is 0. The Bertz CT molecular complexity index is 883. The lowest BCUT2D eigenvalue weighted by molar-refractivity contribution is -0.155. The largest absolute Gasteiger partial charge is 0.459 e. The summed E-state index contributed by atoms with van der Waals surface area (Å²) in [6, 6.07) is 13.8. The number of imide groups is 1. The topological polar surface area (TPSA) is 63.7 Å². The van der Waals surface area contributed by atoms with E-state index in [2.05, 4.69) is 0 Å². The molecular formula is C21H19NO4. The number of hydrogen-bond donors (Lipinski definition) is 0. The molecule has 5 heteroatoms. The molecule has 1 aliphatic carbocycles. The Kier molecular flexibility index (Phi) is 3.87.